The molecule has 2 aliphatic heterocycles. The van der Waals surface area contributed by atoms with Gasteiger partial charge in [-0.05, 0) is 243 Å². The minimum Gasteiger partial charge on any atom is -0.311 e. The highest BCUT2D eigenvalue weighted by Gasteiger charge is 2.45. The van der Waals surface area contributed by atoms with Gasteiger partial charge >= 0.3 is 0 Å². The van der Waals surface area contributed by atoms with Crippen LogP contribution in [0.2, 0.25) is 0 Å². The van der Waals surface area contributed by atoms with E-state index in [0.29, 0.717) is 0 Å². The molecule has 522 valence electrons. The van der Waals surface area contributed by atoms with Crippen molar-refractivity contribution in [1.82, 2.24) is 9.13 Å². The molecule has 2 aromatic heterocycles. The smallest absolute Gasteiger partial charge is 0.252 e. The number of rotatable bonds is 7. The highest BCUT2D eigenvalue weighted by molar-refractivity contribution is 7.00. The molecule has 0 radical (unpaired) electrons. The molecule has 4 aliphatic rings. The van der Waals surface area contributed by atoms with Crippen LogP contribution in [0.4, 0.5) is 34.1 Å². The summed E-state index contributed by atoms with van der Waals surface area (Å²) >= 11 is 0. The van der Waals surface area contributed by atoms with E-state index in [1.165, 1.54) is 164 Å². The average molecular weight is 1370 g/mol. The zero-order chi connectivity index (χ0) is 73.0. The Morgan fingerprint density at radius 1 is 0.267 bits per heavy atom. The Hall–Kier alpha value is -10.1. The lowest BCUT2D eigenvalue weighted by molar-refractivity contribution is 0.332. The van der Waals surface area contributed by atoms with Gasteiger partial charge in [-0.15, -0.1) is 0 Å². The van der Waals surface area contributed by atoms with E-state index in [1.54, 1.807) is 0 Å². The van der Waals surface area contributed by atoms with E-state index < -0.39 is 0 Å². The molecule has 4 heterocycles. The summed E-state index contributed by atoms with van der Waals surface area (Å²) in [6, 6.07) is 95.7. The summed E-state index contributed by atoms with van der Waals surface area (Å²) < 4.78 is 5.10. The van der Waals surface area contributed by atoms with E-state index in [-0.39, 0.29) is 44.6 Å². The summed E-state index contributed by atoms with van der Waals surface area (Å²) in [5.74, 6) is 0. The molecule has 0 amide bonds. The van der Waals surface area contributed by atoms with Crippen molar-refractivity contribution in [3.63, 3.8) is 0 Å². The summed E-state index contributed by atoms with van der Waals surface area (Å²) in [7, 11) is 0. The first-order valence-corrected chi connectivity index (χ1v) is 38.7. The highest BCUT2D eigenvalue weighted by atomic mass is 15.2. The van der Waals surface area contributed by atoms with Crippen LogP contribution in [-0.4, -0.2) is 15.8 Å². The molecule has 0 atom stereocenters. The molecule has 12 aromatic carbocycles. The van der Waals surface area contributed by atoms with Crippen LogP contribution in [-0.2, 0) is 37.9 Å². The van der Waals surface area contributed by atoms with Crippen LogP contribution in [0.3, 0.4) is 0 Å². The molecular weight excluding hydrogens is 1270 g/mol. The summed E-state index contributed by atoms with van der Waals surface area (Å²) in [5, 5.41) is 5.03. The van der Waals surface area contributed by atoms with Crippen molar-refractivity contribution in [2.75, 3.05) is 9.80 Å². The Bertz CT molecular complexity index is 5780. The van der Waals surface area contributed by atoms with Crippen molar-refractivity contribution in [2.24, 2.45) is 0 Å². The normalized spacial score (nSPS) is 16.3. The van der Waals surface area contributed by atoms with Gasteiger partial charge in [0.15, 0.2) is 0 Å². The second kappa shape index (κ2) is 23.2. The SMILES string of the molecule is CC(C)(C)c1ccc(-c2ccc3c(c2)N(c2ccc(-c4ccc5c(c4)C(C)(C)CCC5(C)C)cc2)c2cc(-n4c5ccccc5c5ccccc54)cc4c2B3c2ccc(-n3c5ccc(C(C)(C)C)cc5c5cc(C(C)(C)C)ccc53)cc2N4c2ccc(-c3ccc4c(c3)C(C)(C)CCC4(C)C)cc2)cc1. The van der Waals surface area contributed by atoms with E-state index in [4.69, 9.17) is 0 Å². The molecule has 0 N–H and O–H groups in total. The number of hydrogen-bond donors (Lipinski definition) is 0. The van der Waals surface area contributed by atoms with Gasteiger partial charge in [0.2, 0.25) is 0 Å². The van der Waals surface area contributed by atoms with Crippen molar-refractivity contribution < 1.29 is 0 Å². The lowest BCUT2D eigenvalue weighted by Crippen LogP contribution is -2.61. The summed E-state index contributed by atoms with van der Waals surface area (Å²) in [6.45, 7) is 40.3. The maximum absolute atomic E-state index is 2.65. The number of anilines is 6. The number of benzene rings is 12. The van der Waals surface area contributed by atoms with Crippen molar-refractivity contribution in [3.05, 3.63) is 282 Å². The van der Waals surface area contributed by atoms with Gasteiger partial charge in [0, 0.05) is 61.4 Å². The fourth-order valence-corrected chi connectivity index (χ4v) is 18.7. The Morgan fingerprint density at radius 2 is 0.600 bits per heavy atom. The molecule has 4 nitrogen and oxygen atoms in total. The van der Waals surface area contributed by atoms with Gasteiger partial charge in [-0.2, -0.15) is 0 Å². The molecule has 0 unspecified atom stereocenters. The zero-order valence-corrected chi connectivity index (χ0v) is 64.8. The molecule has 18 rings (SSSR count). The van der Waals surface area contributed by atoms with Crippen LogP contribution in [0.15, 0.2) is 243 Å². The third-order valence-corrected chi connectivity index (χ3v) is 25.3. The van der Waals surface area contributed by atoms with E-state index in [0.717, 1.165) is 39.8 Å². The second-order valence-electron chi connectivity index (χ2n) is 37.2. The first kappa shape index (κ1) is 66.8. The topological polar surface area (TPSA) is 16.3 Å². The first-order chi connectivity index (χ1) is 49.9. The monoisotopic (exact) mass is 1370 g/mol. The molecule has 2 aliphatic carbocycles. The number of nitrogens with zero attached hydrogens (tertiary/aromatic N) is 4. The van der Waals surface area contributed by atoms with Crippen molar-refractivity contribution in [2.45, 2.75) is 181 Å². The zero-order valence-electron chi connectivity index (χ0n) is 64.8. The van der Waals surface area contributed by atoms with Gasteiger partial charge in [0.05, 0.1) is 27.8 Å². The number of fused-ring (bicyclic) bond motifs is 12. The van der Waals surface area contributed by atoms with E-state index in [1.807, 2.05) is 0 Å². The van der Waals surface area contributed by atoms with Gasteiger partial charge in [-0.25, -0.2) is 0 Å². The van der Waals surface area contributed by atoms with Crippen molar-refractivity contribution in [1.29, 1.82) is 0 Å². The molecule has 0 saturated carbocycles. The van der Waals surface area contributed by atoms with Crippen LogP contribution in [0.5, 0.6) is 0 Å². The second-order valence-corrected chi connectivity index (χ2v) is 37.2. The summed E-state index contributed by atoms with van der Waals surface area (Å²) in [4.78, 5) is 5.28. The van der Waals surface area contributed by atoms with Gasteiger partial charge < -0.3 is 18.9 Å². The molecular formula is C100H99BN4. The third kappa shape index (κ3) is 10.7. The minimum absolute atomic E-state index is 0.0204. The van der Waals surface area contributed by atoms with E-state index in [9.17, 15) is 0 Å². The lowest BCUT2D eigenvalue weighted by atomic mass is 9.33. The Labute approximate surface area is 623 Å². The maximum Gasteiger partial charge on any atom is 0.252 e. The van der Waals surface area contributed by atoms with E-state index in [2.05, 4.69) is 379 Å². The minimum atomic E-state index is -0.155. The van der Waals surface area contributed by atoms with Gasteiger partial charge in [-0.1, -0.05) is 269 Å². The number of hydrogen-bond acceptors (Lipinski definition) is 2. The van der Waals surface area contributed by atoms with Crippen LogP contribution >= 0.6 is 0 Å². The predicted molar refractivity (Wildman–Crippen MR) is 452 cm³/mol. The maximum atomic E-state index is 2.65. The first-order valence-electron chi connectivity index (χ1n) is 38.7. The molecule has 105 heavy (non-hydrogen) atoms. The molecule has 0 fully saturated rings. The van der Waals surface area contributed by atoms with Gasteiger partial charge in [0.1, 0.15) is 0 Å². The summed E-state index contributed by atoms with van der Waals surface area (Å²) in [6.07, 6.45) is 4.72. The highest BCUT2D eigenvalue weighted by Crippen LogP contribution is 2.52. The van der Waals surface area contributed by atoms with Crippen LogP contribution in [0.25, 0.3) is 88.4 Å². The standard InChI is InChI=1S/C100H99BN4/c1-94(2,3)68-35-26-62(27-36-68)67-34-46-83-89(56-67)102(71-39-28-63(29-40-71)65-32-44-79-81(54-65)99(14,15)52-50-97(79,10)11)91-60-74(105-85-24-20-18-22-75(85)76-23-19-21-25-86(76)105)61-92-93(91)101(83)84-47-43-73(104-87-48-37-69(95(4,5)6)57-77(87)78-58-70(96(7,8)9)38-49-88(78)104)59-90(84)103(92)72-41-30-64(31-42-72)66-33-45-80-82(55-66)100(16,17)53-51-98(80,12)13/h18-49,54-61H,50-53H2,1-17H3. The van der Waals surface area contributed by atoms with Gasteiger partial charge in [-0.3, -0.25) is 0 Å². The van der Waals surface area contributed by atoms with Crippen molar-refractivity contribution in [3.8, 4) is 44.8 Å². The molecule has 0 saturated heterocycles. The third-order valence-electron chi connectivity index (χ3n) is 25.3. The Balaban J connectivity index is 0.918. The van der Waals surface area contributed by atoms with E-state index >= 15 is 0 Å². The fraction of sp³-hybridized carbons (Fsp3) is 0.280. The quantitative estimate of drug-likeness (QED) is 0.148. The molecule has 0 bridgehead atoms. The fourth-order valence-electron chi connectivity index (χ4n) is 18.7. The molecule has 5 heteroatoms. The number of aromatic nitrogens is 2. The number of para-hydroxylation sites is 2. The Kier molecular flexibility index (Phi) is 14.8. The van der Waals surface area contributed by atoms with Crippen LogP contribution in [0, 0.1) is 0 Å². The van der Waals surface area contributed by atoms with Gasteiger partial charge in [0.25, 0.3) is 6.71 Å². The molecule has 14 aromatic rings. The van der Waals surface area contributed by atoms with Crippen LogP contribution < -0.4 is 26.2 Å². The Morgan fingerprint density at radius 3 is 1.05 bits per heavy atom. The average Bonchev–Trinajstić information content (AvgIpc) is 1.18. The predicted octanol–water partition coefficient (Wildman–Crippen LogP) is 25.6. The molecule has 0 spiro atoms. The largest absolute Gasteiger partial charge is 0.311 e. The van der Waals surface area contributed by atoms with Crippen LogP contribution in [0.1, 0.15) is 182 Å². The lowest BCUT2D eigenvalue weighted by Gasteiger charge is -2.44. The van der Waals surface area contributed by atoms with Crippen molar-refractivity contribution >= 4 is 101 Å². The summed E-state index contributed by atoms with van der Waals surface area (Å²) in [5.41, 5.74) is 35.3.